The molecule has 0 radical (unpaired) electrons. The Kier molecular flexibility index (Phi) is 9.08. The number of guanidine groups is 1. The van der Waals surface area contributed by atoms with Gasteiger partial charge in [-0.1, -0.05) is 0 Å². The third kappa shape index (κ3) is 7.06. The number of halogens is 1. The fourth-order valence-corrected chi connectivity index (χ4v) is 5.88. The van der Waals surface area contributed by atoms with E-state index in [4.69, 9.17) is 4.74 Å². The third-order valence-electron chi connectivity index (χ3n) is 5.61. The van der Waals surface area contributed by atoms with Gasteiger partial charge in [-0.25, -0.2) is 8.42 Å². The molecule has 1 saturated carbocycles. The van der Waals surface area contributed by atoms with E-state index < -0.39 is 9.84 Å². The third-order valence-corrected chi connectivity index (χ3v) is 7.45. The van der Waals surface area contributed by atoms with Gasteiger partial charge < -0.3 is 15.4 Å². The van der Waals surface area contributed by atoms with E-state index in [0.717, 1.165) is 38.7 Å². The quantitative estimate of drug-likeness (QED) is 0.333. The van der Waals surface area contributed by atoms with Crippen LogP contribution in [0.4, 0.5) is 0 Å². The SMILES string of the molecule is I.N#CC1CCCC1NC(=NCC1CCS(=O)(=O)C1)NCC1CCCCO1. The molecule has 3 fully saturated rings. The van der Waals surface area contributed by atoms with Crippen LogP contribution in [0.2, 0.25) is 0 Å². The average Bonchev–Trinajstić information content (AvgIpc) is 3.23. The van der Waals surface area contributed by atoms with Crippen LogP contribution in [0.25, 0.3) is 0 Å². The molecule has 154 valence electrons. The number of rotatable bonds is 5. The molecule has 0 aromatic rings. The second-order valence-corrected chi connectivity index (χ2v) is 9.97. The molecule has 7 nitrogen and oxygen atoms in total. The Morgan fingerprint density at radius 3 is 2.70 bits per heavy atom. The highest BCUT2D eigenvalue weighted by atomic mass is 127. The van der Waals surface area contributed by atoms with Gasteiger partial charge in [0.15, 0.2) is 15.8 Å². The largest absolute Gasteiger partial charge is 0.376 e. The molecule has 2 saturated heterocycles. The first-order valence-corrected chi connectivity index (χ1v) is 11.6. The molecule has 0 amide bonds. The minimum Gasteiger partial charge on any atom is -0.376 e. The first-order valence-electron chi connectivity index (χ1n) is 9.82. The maximum atomic E-state index is 11.6. The molecule has 9 heteroatoms. The van der Waals surface area contributed by atoms with Gasteiger partial charge in [0.1, 0.15) is 0 Å². The summed E-state index contributed by atoms with van der Waals surface area (Å²) in [5, 5.41) is 16.1. The Bertz CT molecular complexity index is 643. The minimum absolute atomic E-state index is 0. The molecular weight excluding hydrogens is 479 g/mol. The van der Waals surface area contributed by atoms with Gasteiger partial charge >= 0.3 is 0 Å². The van der Waals surface area contributed by atoms with Gasteiger partial charge in [-0.05, 0) is 50.9 Å². The monoisotopic (exact) mass is 510 g/mol. The van der Waals surface area contributed by atoms with E-state index in [0.29, 0.717) is 25.5 Å². The van der Waals surface area contributed by atoms with Crippen molar-refractivity contribution in [2.24, 2.45) is 16.8 Å². The maximum Gasteiger partial charge on any atom is 0.191 e. The van der Waals surface area contributed by atoms with Gasteiger partial charge in [0.05, 0.1) is 29.6 Å². The Morgan fingerprint density at radius 1 is 1.19 bits per heavy atom. The molecule has 2 N–H and O–H groups in total. The van der Waals surface area contributed by atoms with E-state index in [1.165, 1.54) is 6.42 Å². The van der Waals surface area contributed by atoms with E-state index >= 15 is 0 Å². The Labute approximate surface area is 179 Å². The summed E-state index contributed by atoms with van der Waals surface area (Å²) < 4.78 is 29.1. The van der Waals surface area contributed by atoms with Crippen molar-refractivity contribution in [3.63, 3.8) is 0 Å². The molecule has 2 heterocycles. The molecule has 1 aliphatic carbocycles. The number of nitrogens with one attached hydrogen (secondary N) is 2. The summed E-state index contributed by atoms with van der Waals surface area (Å²) >= 11 is 0. The molecule has 3 aliphatic rings. The predicted octanol–water partition coefficient (Wildman–Crippen LogP) is 1.84. The van der Waals surface area contributed by atoms with Crippen molar-refractivity contribution in [2.45, 2.75) is 57.1 Å². The summed E-state index contributed by atoms with van der Waals surface area (Å²) in [6.07, 6.45) is 7.18. The highest BCUT2D eigenvalue weighted by Gasteiger charge is 2.29. The van der Waals surface area contributed by atoms with Gasteiger partial charge in [-0.3, -0.25) is 4.99 Å². The summed E-state index contributed by atoms with van der Waals surface area (Å²) in [7, 11) is -2.88. The fourth-order valence-electron chi connectivity index (χ4n) is 4.03. The highest BCUT2D eigenvalue weighted by molar-refractivity contribution is 14.0. The van der Waals surface area contributed by atoms with Crippen molar-refractivity contribution >= 4 is 39.8 Å². The maximum absolute atomic E-state index is 11.6. The second-order valence-electron chi connectivity index (χ2n) is 7.75. The standard InChI is InChI=1S/C18H30N4O3S.HI/c19-10-15-4-3-6-17(15)22-18(21-12-16-5-1-2-8-25-16)20-11-14-7-9-26(23,24)13-14;/h14-17H,1-9,11-13H2,(H2,20,21,22);1H. The normalized spacial score (nSPS) is 33.1. The van der Waals surface area contributed by atoms with Gasteiger partial charge in [0.2, 0.25) is 0 Å². The van der Waals surface area contributed by atoms with Crippen LogP contribution in [0.1, 0.15) is 44.9 Å². The Hall–Kier alpha value is -0.600. The summed E-state index contributed by atoms with van der Waals surface area (Å²) in [5.74, 6) is 1.31. The summed E-state index contributed by atoms with van der Waals surface area (Å²) in [4.78, 5) is 4.65. The summed E-state index contributed by atoms with van der Waals surface area (Å²) in [5.41, 5.74) is 0. The molecule has 4 unspecified atom stereocenters. The van der Waals surface area contributed by atoms with Crippen molar-refractivity contribution < 1.29 is 13.2 Å². The number of nitriles is 1. The highest BCUT2D eigenvalue weighted by Crippen LogP contribution is 2.25. The Balaban J connectivity index is 0.00000261. The molecule has 0 aromatic heterocycles. The van der Waals surface area contributed by atoms with E-state index in [-0.39, 0.29) is 59.5 Å². The molecule has 27 heavy (non-hydrogen) atoms. The van der Waals surface area contributed by atoms with Crippen molar-refractivity contribution in [2.75, 3.05) is 31.2 Å². The Morgan fingerprint density at radius 2 is 2.04 bits per heavy atom. The van der Waals surface area contributed by atoms with E-state index in [1.807, 2.05) is 0 Å². The fraction of sp³-hybridized carbons (Fsp3) is 0.889. The van der Waals surface area contributed by atoms with Crippen LogP contribution >= 0.6 is 24.0 Å². The van der Waals surface area contributed by atoms with Gasteiger partial charge in [-0.2, -0.15) is 5.26 Å². The molecule has 0 bridgehead atoms. The predicted molar refractivity (Wildman–Crippen MR) is 116 cm³/mol. The lowest BCUT2D eigenvalue weighted by Crippen LogP contribution is -2.47. The number of aliphatic imine (C=N–C) groups is 1. The second kappa shape index (κ2) is 10.8. The summed E-state index contributed by atoms with van der Waals surface area (Å²) in [6.45, 7) is 2.01. The molecule has 2 aliphatic heterocycles. The number of hydrogen-bond donors (Lipinski definition) is 2. The molecule has 0 aromatic carbocycles. The van der Waals surface area contributed by atoms with Crippen molar-refractivity contribution in [3.8, 4) is 6.07 Å². The molecule has 0 spiro atoms. The zero-order chi connectivity index (χ0) is 18.4. The van der Waals surface area contributed by atoms with Gasteiger partial charge in [-0.15, -0.1) is 24.0 Å². The van der Waals surface area contributed by atoms with Crippen LogP contribution in [-0.4, -0.2) is 57.7 Å². The lowest BCUT2D eigenvalue weighted by Gasteiger charge is -2.25. The molecule has 4 atom stereocenters. The van der Waals surface area contributed by atoms with Gasteiger partial charge in [0, 0.05) is 25.7 Å². The van der Waals surface area contributed by atoms with E-state index in [9.17, 15) is 13.7 Å². The summed E-state index contributed by atoms with van der Waals surface area (Å²) in [6, 6.07) is 2.50. The van der Waals surface area contributed by atoms with Crippen LogP contribution < -0.4 is 10.6 Å². The lowest BCUT2D eigenvalue weighted by atomic mass is 10.1. The van der Waals surface area contributed by atoms with Crippen LogP contribution in [0, 0.1) is 23.2 Å². The molecular formula is C18H31IN4O3S. The lowest BCUT2D eigenvalue weighted by molar-refractivity contribution is 0.0194. The van der Waals surface area contributed by atoms with Crippen LogP contribution in [-0.2, 0) is 14.6 Å². The van der Waals surface area contributed by atoms with Crippen molar-refractivity contribution in [1.82, 2.24) is 10.6 Å². The number of sulfone groups is 1. The first kappa shape index (κ1) is 22.7. The molecule has 3 rings (SSSR count). The number of nitrogens with zero attached hydrogens (tertiary/aromatic N) is 2. The van der Waals surface area contributed by atoms with Crippen molar-refractivity contribution in [1.29, 1.82) is 5.26 Å². The van der Waals surface area contributed by atoms with Gasteiger partial charge in [0.25, 0.3) is 0 Å². The average molecular weight is 510 g/mol. The smallest absolute Gasteiger partial charge is 0.191 e. The minimum atomic E-state index is -2.88. The van der Waals surface area contributed by atoms with Crippen LogP contribution in [0.15, 0.2) is 4.99 Å². The zero-order valence-corrected chi connectivity index (χ0v) is 18.9. The van der Waals surface area contributed by atoms with Crippen LogP contribution in [0.3, 0.4) is 0 Å². The van der Waals surface area contributed by atoms with Crippen molar-refractivity contribution in [3.05, 3.63) is 0 Å². The topological polar surface area (TPSA) is 104 Å². The van der Waals surface area contributed by atoms with Crippen LogP contribution in [0.5, 0.6) is 0 Å². The van der Waals surface area contributed by atoms with E-state index in [2.05, 4.69) is 21.7 Å². The number of ether oxygens (including phenoxy) is 1. The van der Waals surface area contributed by atoms with E-state index in [1.54, 1.807) is 0 Å². The number of hydrogen-bond acceptors (Lipinski definition) is 5. The zero-order valence-electron chi connectivity index (χ0n) is 15.7. The first-order chi connectivity index (χ1) is 12.6.